The Morgan fingerprint density at radius 1 is 1.45 bits per heavy atom. The molecule has 2 aliphatic rings. The maximum Gasteiger partial charge on any atom is 0.287 e. The maximum absolute atomic E-state index is 10.9. The molecule has 0 radical (unpaired) electrons. The Labute approximate surface area is 117 Å². The molecule has 1 N–H and O–H groups in total. The molecule has 0 aliphatic carbocycles. The van der Waals surface area contributed by atoms with Crippen LogP contribution in [0.15, 0.2) is 18.2 Å². The van der Waals surface area contributed by atoms with E-state index >= 15 is 0 Å². The molecule has 2 fully saturated rings. The fourth-order valence-corrected chi connectivity index (χ4v) is 3.25. The molecule has 2 atom stereocenters. The van der Waals surface area contributed by atoms with Gasteiger partial charge in [-0.2, -0.15) is 5.26 Å². The molecule has 0 spiro atoms. The molecule has 0 amide bonds. The largest absolute Gasteiger partial charge is 0.371 e. The summed E-state index contributed by atoms with van der Waals surface area (Å²) in [6.45, 7) is 2.96. The van der Waals surface area contributed by atoms with Gasteiger partial charge in [-0.1, -0.05) is 0 Å². The van der Waals surface area contributed by atoms with E-state index < -0.39 is 4.92 Å². The lowest BCUT2D eigenvalue weighted by Gasteiger charge is -2.36. The Kier molecular flexibility index (Phi) is 3.28. The third-order valence-corrected chi connectivity index (χ3v) is 4.32. The lowest BCUT2D eigenvalue weighted by Crippen LogP contribution is -2.44. The van der Waals surface area contributed by atoms with Gasteiger partial charge in [-0.3, -0.25) is 10.1 Å². The van der Waals surface area contributed by atoms with Crippen molar-refractivity contribution in [2.24, 2.45) is 5.92 Å². The second-order valence-electron chi connectivity index (χ2n) is 5.41. The molecular weight excluding hydrogens is 256 g/mol. The first-order valence-electron chi connectivity index (χ1n) is 6.86. The van der Waals surface area contributed by atoms with Gasteiger partial charge in [-0.25, -0.2) is 0 Å². The van der Waals surface area contributed by atoms with Crippen molar-refractivity contribution in [2.45, 2.75) is 18.9 Å². The van der Waals surface area contributed by atoms with Crippen LogP contribution in [0.1, 0.15) is 18.4 Å². The van der Waals surface area contributed by atoms with Gasteiger partial charge in [0, 0.05) is 30.9 Å². The molecule has 0 bridgehead atoms. The summed E-state index contributed by atoms with van der Waals surface area (Å²) in [5, 5.41) is 23.4. The molecule has 104 valence electrons. The SMILES string of the molecule is N#Cc1cc(N2CCC3NCCC3C2)ccc1[N+](=O)[O-]. The zero-order valence-corrected chi connectivity index (χ0v) is 11.1. The van der Waals surface area contributed by atoms with Gasteiger partial charge in [0.05, 0.1) is 4.92 Å². The van der Waals surface area contributed by atoms with Crippen LogP contribution in [0.4, 0.5) is 11.4 Å². The number of nitro benzene ring substituents is 1. The topological polar surface area (TPSA) is 82.2 Å². The quantitative estimate of drug-likeness (QED) is 0.654. The van der Waals surface area contributed by atoms with Crippen molar-refractivity contribution in [1.82, 2.24) is 5.32 Å². The number of hydrogen-bond donors (Lipinski definition) is 1. The monoisotopic (exact) mass is 272 g/mol. The molecule has 6 nitrogen and oxygen atoms in total. The minimum absolute atomic E-state index is 0.117. The Bertz CT molecular complexity index is 581. The summed E-state index contributed by atoms with van der Waals surface area (Å²) in [6, 6.07) is 7.36. The van der Waals surface area contributed by atoms with Gasteiger partial charge in [-0.15, -0.1) is 0 Å². The fourth-order valence-electron chi connectivity index (χ4n) is 3.25. The van der Waals surface area contributed by atoms with Crippen molar-refractivity contribution >= 4 is 11.4 Å². The third-order valence-electron chi connectivity index (χ3n) is 4.32. The molecule has 20 heavy (non-hydrogen) atoms. The highest BCUT2D eigenvalue weighted by atomic mass is 16.6. The van der Waals surface area contributed by atoms with Gasteiger partial charge in [0.15, 0.2) is 0 Å². The van der Waals surface area contributed by atoms with E-state index in [1.165, 1.54) is 12.5 Å². The van der Waals surface area contributed by atoms with Crippen LogP contribution in [0.2, 0.25) is 0 Å². The minimum atomic E-state index is -0.505. The van der Waals surface area contributed by atoms with E-state index in [2.05, 4.69) is 10.2 Å². The summed E-state index contributed by atoms with van der Waals surface area (Å²) in [5.74, 6) is 0.643. The zero-order chi connectivity index (χ0) is 14.1. The molecule has 2 unspecified atom stereocenters. The second kappa shape index (κ2) is 5.10. The smallest absolute Gasteiger partial charge is 0.287 e. The minimum Gasteiger partial charge on any atom is -0.371 e. The van der Waals surface area contributed by atoms with Crippen LogP contribution in [0.5, 0.6) is 0 Å². The molecule has 1 aromatic rings. The van der Waals surface area contributed by atoms with E-state index in [0.717, 1.165) is 31.7 Å². The van der Waals surface area contributed by atoms with Crippen molar-refractivity contribution in [2.75, 3.05) is 24.5 Å². The molecule has 0 saturated carbocycles. The Morgan fingerprint density at radius 3 is 3.05 bits per heavy atom. The van der Waals surface area contributed by atoms with Crippen LogP contribution < -0.4 is 10.2 Å². The highest BCUT2D eigenvalue weighted by Gasteiger charge is 2.32. The van der Waals surface area contributed by atoms with Crippen molar-refractivity contribution in [3.63, 3.8) is 0 Å². The summed E-state index contributed by atoms with van der Waals surface area (Å²) in [4.78, 5) is 12.6. The normalized spacial score (nSPS) is 25.1. The first-order chi connectivity index (χ1) is 9.69. The van der Waals surface area contributed by atoms with Crippen LogP contribution in [0.3, 0.4) is 0 Å². The number of rotatable bonds is 2. The fraction of sp³-hybridized carbons (Fsp3) is 0.500. The number of fused-ring (bicyclic) bond motifs is 1. The predicted octanol–water partition coefficient (Wildman–Crippen LogP) is 1.65. The lowest BCUT2D eigenvalue weighted by molar-refractivity contribution is -0.385. The molecule has 2 saturated heterocycles. The Hall–Kier alpha value is -2.13. The summed E-state index contributed by atoms with van der Waals surface area (Å²) in [5.41, 5.74) is 0.935. The molecule has 1 aromatic carbocycles. The number of nitro groups is 1. The Morgan fingerprint density at radius 2 is 2.30 bits per heavy atom. The molecule has 0 aromatic heterocycles. The average Bonchev–Trinajstić information content (AvgIpc) is 2.93. The van der Waals surface area contributed by atoms with Crippen LogP contribution in [-0.2, 0) is 0 Å². The highest BCUT2D eigenvalue weighted by molar-refractivity contribution is 5.60. The molecule has 2 aliphatic heterocycles. The van der Waals surface area contributed by atoms with Gasteiger partial charge >= 0.3 is 0 Å². The summed E-state index contributed by atoms with van der Waals surface area (Å²) < 4.78 is 0. The van der Waals surface area contributed by atoms with Crippen LogP contribution in [0.25, 0.3) is 0 Å². The van der Waals surface area contributed by atoms with Crippen LogP contribution >= 0.6 is 0 Å². The van der Waals surface area contributed by atoms with Crippen molar-refractivity contribution in [1.29, 1.82) is 5.26 Å². The van der Waals surface area contributed by atoms with Crippen molar-refractivity contribution in [3.8, 4) is 6.07 Å². The number of nitriles is 1. The third kappa shape index (κ3) is 2.21. The summed E-state index contributed by atoms with van der Waals surface area (Å²) >= 11 is 0. The lowest BCUT2D eigenvalue weighted by atomic mass is 9.93. The molecule has 6 heteroatoms. The van der Waals surface area contributed by atoms with E-state index in [1.54, 1.807) is 12.1 Å². The van der Waals surface area contributed by atoms with E-state index in [9.17, 15) is 10.1 Å². The summed E-state index contributed by atoms with van der Waals surface area (Å²) in [7, 11) is 0. The van der Waals surface area contributed by atoms with Gasteiger partial charge < -0.3 is 10.2 Å². The van der Waals surface area contributed by atoms with Gasteiger partial charge in [0.25, 0.3) is 5.69 Å². The highest BCUT2D eigenvalue weighted by Crippen LogP contribution is 2.30. The maximum atomic E-state index is 10.9. The van der Waals surface area contributed by atoms with E-state index in [-0.39, 0.29) is 11.3 Å². The van der Waals surface area contributed by atoms with Crippen molar-refractivity contribution < 1.29 is 4.92 Å². The van der Waals surface area contributed by atoms with E-state index in [0.29, 0.717) is 12.0 Å². The number of benzene rings is 1. The first kappa shape index (κ1) is 12.9. The second-order valence-corrected chi connectivity index (χ2v) is 5.41. The van der Waals surface area contributed by atoms with Crippen LogP contribution in [0, 0.1) is 27.4 Å². The standard InChI is InChI=1S/C14H16N4O2/c15-8-11-7-12(1-2-14(11)18(19)20)17-6-4-13-10(9-17)3-5-16-13/h1-2,7,10,13,16H,3-6,9H2. The molecule has 2 heterocycles. The number of nitrogens with zero attached hydrogens (tertiary/aromatic N) is 3. The number of anilines is 1. The van der Waals surface area contributed by atoms with Gasteiger partial charge in [0.1, 0.15) is 11.6 Å². The molecule has 3 rings (SSSR count). The van der Waals surface area contributed by atoms with Crippen molar-refractivity contribution in [3.05, 3.63) is 33.9 Å². The average molecular weight is 272 g/mol. The number of nitrogens with one attached hydrogen (secondary N) is 1. The van der Waals surface area contributed by atoms with Gasteiger partial charge in [0.2, 0.25) is 0 Å². The molecular formula is C14H16N4O2. The summed E-state index contributed by atoms with van der Waals surface area (Å²) in [6.07, 6.45) is 2.27. The van der Waals surface area contributed by atoms with Gasteiger partial charge in [-0.05, 0) is 37.4 Å². The van der Waals surface area contributed by atoms with Crippen LogP contribution in [-0.4, -0.2) is 30.6 Å². The first-order valence-corrected chi connectivity index (χ1v) is 6.86. The van der Waals surface area contributed by atoms with E-state index in [1.807, 2.05) is 6.07 Å². The number of hydrogen-bond acceptors (Lipinski definition) is 5. The number of piperidine rings is 1. The Balaban J connectivity index is 1.84. The zero-order valence-electron chi connectivity index (χ0n) is 11.1. The predicted molar refractivity (Wildman–Crippen MR) is 74.5 cm³/mol. The van der Waals surface area contributed by atoms with E-state index in [4.69, 9.17) is 5.26 Å².